The van der Waals surface area contributed by atoms with Crippen molar-refractivity contribution in [3.8, 4) is 0 Å². The Morgan fingerprint density at radius 1 is 1.15 bits per heavy atom. The monoisotopic (exact) mass is 535 g/mol. The van der Waals surface area contributed by atoms with Crippen molar-refractivity contribution in [2.75, 3.05) is 13.1 Å². The van der Waals surface area contributed by atoms with E-state index < -0.39 is 27.9 Å². The highest BCUT2D eigenvalue weighted by Crippen LogP contribution is 2.30. The molecule has 1 aliphatic rings. The van der Waals surface area contributed by atoms with Crippen LogP contribution in [0.2, 0.25) is 0 Å². The second-order valence-corrected chi connectivity index (χ2v) is 10.5. The molecule has 1 heterocycles. The van der Waals surface area contributed by atoms with Gasteiger partial charge < -0.3 is 10.2 Å². The zero-order valence-electron chi connectivity index (χ0n) is 18.5. The third-order valence-electron chi connectivity index (χ3n) is 5.40. The number of halogens is 1. The van der Waals surface area contributed by atoms with Crippen LogP contribution in [0.4, 0.5) is 0 Å². The lowest BCUT2D eigenvalue weighted by atomic mass is 10.1. The Morgan fingerprint density at radius 2 is 1.88 bits per heavy atom. The number of carbonyl (C=O) groups excluding carboxylic acids is 3. The summed E-state index contributed by atoms with van der Waals surface area (Å²) in [5, 5.41) is 2.79. The molecule has 1 atom stereocenters. The summed E-state index contributed by atoms with van der Waals surface area (Å²) in [7, 11) is -4.00. The predicted molar refractivity (Wildman–Crippen MR) is 127 cm³/mol. The molecule has 0 spiro atoms. The maximum atomic E-state index is 13.2. The Balaban J connectivity index is 1.78. The van der Waals surface area contributed by atoms with Crippen LogP contribution in [0, 0.1) is 0 Å². The fraction of sp³-hybridized carbons (Fsp3) is 0.348. The highest BCUT2D eigenvalue weighted by Gasteiger charge is 2.41. The number of benzene rings is 2. The van der Waals surface area contributed by atoms with E-state index in [0.717, 1.165) is 20.8 Å². The van der Waals surface area contributed by atoms with Crippen molar-refractivity contribution in [1.82, 2.24) is 14.5 Å². The minimum atomic E-state index is -4.00. The first-order valence-electron chi connectivity index (χ1n) is 10.6. The van der Waals surface area contributed by atoms with Crippen LogP contribution < -0.4 is 5.32 Å². The molecule has 0 bridgehead atoms. The van der Waals surface area contributed by atoms with Gasteiger partial charge in [0.1, 0.15) is 10.9 Å². The smallest absolute Gasteiger partial charge is 0.269 e. The number of nitrogens with zero attached hydrogens (tertiary/aromatic N) is 2. The molecular weight excluding hydrogens is 510 g/mol. The largest absolute Gasteiger partial charge is 0.354 e. The zero-order valence-corrected chi connectivity index (χ0v) is 20.9. The SMILES string of the molecule is CCCNC(=O)[C@@H](C)N(Cc1cccc(Br)c1)C(=O)CCN1C(=O)c2ccccc2S1(=O)=O. The first-order valence-corrected chi connectivity index (χ1v) is 12.9. The number of carbonyl (C=O) groups is 3. The number of nitrogens with one attached hydrogen (secondary N) is 1. The third-order valence-corrected chi connectivity index (χ3v) is 7.73. The van der Waals surface area contributed by atoms with E-state index >= 15 is 0 Å². The summed E-state index contributed by atoms with van der Waals surface area (Å²) in [4.78, 5) is 39.8. The van der Waals surface area contributed by atoms with Crippen LogP contribution in [0.25, 0.3) is 0 Å². The van der Waals surface area contributed by atoms with E-state index in [2.05, 4.69) is 21.2 Å². The lowest BCUT2D eigenvalue weighted by Crippen LogP contribution is -2.48. The molecule has 0 unspecified atom stereocenters. The Morgan fingerprint density at radius 3 is 2.55 bits per heavy atom. The van der Waals surface area contributed by atoms with Crippen LogP contribution in [-0.4, -0.2) is 54.5 Å². The summed E-state index contributed by atoms with van der Waals surface area (Å²) in [6.45, 7) is 3.92. The molecule has 0 radical (unpaired) electrons. The van der Waals surface area contributed by atoms with E-state index in [4.69, 9.17) is 0 Å². The van der Waals surface area contributed by atoms with E-state index in [1.807, 2.05) is 31.2 Å². The van der Waals surface area contributed by atoms with Crippen LogP contribution in [0.5, 0.6) is 0 Å². The standard InChI is InChI=1S/C23H26BrN3O5S/c1-3-12-25-22(29)16(2)26(15-17-7-6-8-18(24)14-17)21(28)11-13-27-23(30)19-9-4-5-10-20(19)33(27,31)32/h4-10,14,16H,3,11-13,15H2,1-2H3,(H,25,29)/t16-/m1/s1. The summed E-state index contributed by atoms with van der Waals surface area (Å²) in [5.74, 6) is -1.36. The van der Waals surface area contributed by atoms with Crippen molar-refractivity contribution in [2.45, 2.75) is 44.2 Å². The van der Waals surface area contributed by atoms with Gasteiger partial charge in [0.2, 0.25) is 11.8 Å². The van der Waals surface area contributed by atoms with E-state index in [0.29, 0.717) is 6.54 Å². The molecule has 8 nitrogen and oxygen atoms in total. The van der Waals surface area contributed by atoms with Gasteiger partial charge in [-0.25, -0.2) is 12.7 Å². The van der Waals surface area contributed by atoms with Crippen LogP contribution in [0.15, 0.2) is 57.9 Å². The molecule has 0 saturated carbocycles. The molecule has 33 heavy (non-hydrogen) atoms. The molecule has 0 aromatic heterocycles. The van der Waals surface area contributed by atoms with Gasteiger partial charge in [-0.15, -0.1) is 0 Å². The molecule has 2 aromatic rings. The van der Waals surface area contributed by atoms with Crippen molar-refractivity contribution in [2.24, 2.45) is 0 Å². The molecule has 10 heteroatoms. The molecule has 2 aromatic carbocycles. The summed E-state index contributed by atoms with van der Waals surface area (Å²) in [5.41, 5.74) is 0.911. The van der Waals surface area contributed by atoms with Crippen LogP contribution in [0.1, 0.15) is 42.6 Å². The Labute approximate surface area is 202 Å². The molecule has 176 valence electrons. The number of hydrogen-bond donors (Lipinski definition) is 1. The highest BCUT2D eigenvalue weighted by molar-refractivity contribution is 9.10. The fourth-order valence-electron chi connectivity index (χ4n) is 3.60. The molecule has 0 saturated heterocycles. The summed E-state index contributed by atoms with van der Waals surface area (Å²) >= 11 is 3.40. The normalized spacial score (nSPS) is 15.1. The van der Waals surface area contributed by atoms with E-state index in [9.17, 15) is 22.8 Å². The van der Waals surface area contributed by atoms with Gasteiger partial charge in [0.25, 0.3) is 15.9 Å². The predicted octanol–water partition coefficient (Wildman–Crippen LogP) is 2.93. The van der Waals surface area contributed by atoms with Crippen molar-refractivity contribution in [1.29, 1.82) is 0 Å². The maximum absolute atomic E-state index is 13.2. The lowest BCUT2D eigenvalue weighted by Gasteiger charge is -2.29. The average Bonchev–Trinajstić information content (AvgIpc) is 2.99. The van der Waals surface area contributed by atoms with E-state index in [1.54, 1.807) is 19.1 Å². The van der Waals surface area contributed by atoms with Crippen molar-refractivity contribution in [3.05, 3.63) is 64.1 Å². The zero-order chi connectivity index (χ0) is 24.2. The Hall–Kier alpha value is -2.72. The van der Waals surface area contributed by atoms with Gasteiger partial charge in [-0.05, 0) is 43.2 Å². The lowest BCUT2D eigenvalue weighted by molar-refractivity contribution is -0.140. The van der Waals surface area contributed by atoms with Crippen molar-refractivity contribution < 1.29 is 22.8 Å². The van der Waals surface area contributed by atoms with Gasteiger partial charge in [0, 0.05) is 30.5 Å². The molecule has 1 aliphatic heterocycles. The average molecular weight is 536 g/mol. The van der Waals surface area contributed by atoms with Crippen LogP contribution in [0.3, 0.4) is 0 Å². The number of hydrogen-bond acceptors (Lipinski definition) is 5. The molecular formula is C23H26BrN3O5S. The first kappa shape index (κ1) is 24.9. The highest BCUT2D eigenvalue weighted by atomic mass is 79.9. The molecule has 0 fully saturated rings. The quantitative estimate of drug-likeness (QED) is 0.531. The van der Waals surface area contributed by atoms with Gasteiger partial charge in [0.15, 0.2) is 0 Å². The molecule has 0 aliphatic carbocycles. The second-order valence-electron chi connectivity index (χ2n) is 7.75. The summed E-state index contributed by atoms with van der Waals surface area (Å²) in [6.07, 6.45) is 0.520. The van der Waals surface area contributed by atoms with Gasteiger partial charge >= 0.3 is 0 Å². The van der Waals surface area contributed by atoms with Crippen molar-refractivity contribution in [3.63, 3.8) is 0 Å². The minimum absolute atomic E-state index is 0.0549. The number of amides is 3. The van der Waals surface area contributed by atoms with Gasteiger partial charge in [-0.2, -0.15) is 0 Å². The number of rotatable bonds is 9. The van der Waals surface area contributed by atoms with E-state index in [1.165, 1.54) is 17.0 Å². The van der Waals surface area contributed by atoms with Crippen LogP contribution in [-0.2, 0) is 26.2 Å². The minimum Gasteiger partial charge on any atom is -0.354 e. The summed E-state index contributed by atoms with van der Waals surface area (Å²) in [6, 6.07) is 12.6. The first-order chi connectivity index (χ1) is 15.7. The topological polar surface area (TPSA) is 104 Å². The summed E-state index contributed by atoms with van der Waals surface area (Å²) < 4.78 is 27.1. The van der Waals surface area contributed by atoms with E-state index in [-0.39, 0.29) is 35.9 Å². The molecule has 3 rings (SSSR count). The maximum Gasteiger partial charge on any atom is 0.269 e. The van der Waals surface area contributed by atoms with Gasteiger partial charge in [0.05, 0.1) is 5.56 Å². The van der Waals surface area contributed by atoms with Gasteiger partial charge in [-0.1, -0.05) is 47.1 Å². The second kappa shape index (κ2) is 10.5. The Bertz CT molecular complexity index is 1170. The van der Waals surface area contributed by atoms with Crippen LogP contribution >= 0.6 is 15.9 Å². The third kappa shape index (κ3) is 5.44. The Kier molecular flexibility index (Phi) is 7.91. The van der Waals surface area contributed by atoms with Crippen molar-refractivity contribution >= 4 is 43.7 Å². The number of fused-ring (bicyclic) bond motifs is 1. The fourth-order valence-corrected chi connectivity index (χ4v) is 5.62. The molecule has 1 N–H and O–H groups in total. The number of sulfonamides is 1. The van der Waals surface area contributed by atoms with Gasteiger partial charge in [-0.3, -0.25) is 14.4 Å². The molecule has 3 amide bonds.